The van der Waals surface area contributed by atoms with Crippen molar-refractivity contribution in [2.24, 2.45) is 0 Å². The van der Waals surface area contributed by atoms with Gasteiger partial charge in [-0.05, 0) is 6.92 Å². The van der Waals surface area contributed by atoms with Crippen LogP contribution in [0.4, 0.5) is 0 Å². The van der Waals surface area contributed by atoms with Gasteiger partial charge in [-0.25, -0.2) is 4.79 Å². The van der Waals surface area contributed by atoms with E-state index in [0.717, 1.165) is 6.92 Å². The summed E-state index contributed by atoms with van der Waals surface area (Å²) in [7, 11) is 0. The molecule has 0 saturated carbocycles. The molecule has 0 aliphatic heterocycles. The van der Waals surface area contributed by atoms with E-state index in [2.05, 4.69) is 4.74 Å². The van der Waals surface area contributed by atoms with E-state index in [-0.39, 0.29) is 62.0 Å². The molecule has 56 valence electrons. The van der Waals surface area contributed by atoms with E-state index in [9.17, 15) is 9.59 Å². The molecule has 1 unspecified atom stereocenters. The third-order valence-corrected chi connectivity index (χ3v) is 0.585. The number of hydrogen-bond acceptors (Lipinski definition) is 4. The third-order valence-electron chi connectivity index (χ3n) is 0.585. The predicted molar refractivity (Wildman–Crippen MR) is 30.7 cm³/mol. The van der Waals surface area contributed by atoms with Crippen LogP contribution in [-0.4, -0.2) is 23.1 Å². The van der Waals surface area contributed by atoms with Crippen molar-refractivity contribution in [3.8, 4) is 0 Å². The summed E-state index contributed by atoms with van der Waals surface area (Å²) in [6.45, 7) is 2.32. The average Bonchev–Trinajstić information content (AvgIpc) is 1.63. The molecule has 0 heterocycles. The molecule has 1 atom stereocenters. The fourth-order valence-corrected chi connectivity index (χ4v) is 0.227. The van der Waals surface area contributed by atoms with Crippen molar-refractivity contribution in [1.29, 1.82) is 0 Å². The number of carbonyl (C=O) groups excluding carboxylic acids is 2. The maximum Gasteiger partial charge on any atom is 1.00 e. The van der Waals surface area contributed by atoms with Gasteiger partial charge < -0.3 is 12.7 Å². The van der Waals surface area contributed by atoms with Crippen molar-refractivity contribution >= 4 is 11.9 Å². The van der Waals surface area contributed by atoms with Gasteiger partial charge in [0, 0.05) is 6.92 Å². The smallest absolute Gasteiger partial charge is 1.00 e. The van der Waals surface area contributed by atoms with Crippen LogP contribution >= 0.6 is 0 Å². The van der Waals surface area contributed by atoms with E-state index in [4.69, 9.17) is 5.11 Å². The molecule has 6 heteroatoms. The molecule has 0 aromatic carbocycles. The molecule has 1 N–H and O–H groups in total. The van der Waals surface area contributed by atoms with Crippen LogP contribution in [0.25, 0.3) is 0 Å². The monoisotopic (exact) mass is 180 g/mol. The Hall–Kier alpha value is 1.10. The van der Waals surface area contributed by atoms with Crippen molar-refractivity contribution in [2.75, 3.05) is 0 Å². The van der Waals surface area contributed by atoms with Crippen molar-refractivity contribution in [3.05, 3.63) is 0 Å². The predicted octanol–water partition coefficient (Wildman–Crippen LogP) is -6.31. The molecule has 0 aromatic rings. The van der Waals surface area contributed by atoms with E-state index < -0.39 is 18.0 Å². The van der Waals surface area contributed by atoms with Gasteiger partial charge in [-0.3, -0.25) is 4.79 Å². The zero-order chi connectivity index (χ0) is 7.44. The molecule has 0 amide bonds. The summed E-state index contributed by atoms with van der Waals surface area (Å²) in [6, 6.07) is 0. The molecular formula is C5H10Na2O4. The Labute approximate surface area is 112 Å². The first-order chi connectivity index (χ1) is 4.04. The third kappa shape index (κ3) is 11.1. The summed E-state index contributed by atoms with van der Waals surface area (Å²) in [5.41, 5.74) is 0. The Kier molecular flexibility index (Phi) is 15.0. The first-order valence-corrected chi connectivity index (χ1v) is 2.44. The molecule has 11 heavy (non-hydrogen) atoms. The molecule has 0 spiro atoms. The van der Waals surface area contributed by atoms with Crippen LogP contribution in [0.1, 0.15) is 16.7 Å². The van der Waals surface area contributed by atoms with Crippen molar-refractivity contribution in [2.45, 2.75) is 20.0 Å². The number of aliphatic hydroxyl groups excluding tert-OH is 1. The maximum absolute atomic E-state index is 10.3. The minimum Gasteiger partial charge on any atom is -1.00 e. The summed E-state index contributed by atoms with van der Waals surface area (Å²) < 4.78 is 3.98. The number of rotatable bonds is 1. The maximum atomic E-state index is 10.3. The van der Waals surface area contributed by atoms with Gasteiger partial charge in [0.25, 0.3) is 0 Å². The normalized spacial score (nSPS) is 10.1. The first kappa shape index (κ1) is 18.0. The van der Waals surface area contributed by atoms with Gasteiger partial charge in [0.2, 0.25) is 0 Å². The Bertz CT molecular complexity index is 142. The van der Waals surface area contributed by atoms with Crippen molar-refractivity contribution in [3.63, 3.8) is 0 Å². The molecular weight excluding hydrogens is 170 g/mol. The Morgan fingerprint density at radius 1 is 1.45 bits per heavy atom. The number of aliphatic hydroxyl groups is 1. The molecule has 0 saturated heterocycles. The number of carbonyl (C=O) groups is 2. The van der Waals surface area contributed by atoms with E-state index >= 15 is 0 Å². The van der Waals surface area contributed by atoms with Crippen molar-refractivity contribution < 1.29 is 81.4 Å². The number of esters is 2. The quantitative estimate of drug-likeness (QED) is 0.248. The number of ether oxygens (including phenoxy) is 1. The van der Waals surface area contributed by atoms with Gasteiger partial charge in [0.15, 0.2) is 0 Å². The summed E-state index contributed by atoms with van der Waals surface area (Å²) >= 11 is 0. The van der Waals surface area contributed by atoms with Gasteiger partial charge in [-0.2, -0.15) is 0 Å². The van der Waals surface area contributed by atoms with Gasteiger partial charge in [-0.15, -0.1) is 0 Å². The van der Waals surface area contributed by atoms with Gasteiger partial charge in [0.05, 0.1) is 0 Å². The second-order valence-corrected chi connectivity index (χ2v) is 1.59. The zero-order valence-corrected chi connectivity index (χ0v) is 11.2. The fourth-order valence-electron chi connectivity index (χ4n) is 0.227. The second kappa shape index (κ2) is 9.19. The fraction of sp³-hybridized carbons (Fsp3) is 0.600. The van der Waals surface area contributed by atoms with Crippen LogP contribution in [-0.2, 0) is 14.3 Å². The van der Waals surface area contributed by atoms with Gasteiger partial charge in [0.1, 0.15) is 6.10 Å². The Morgan fingerprint density at radius 2 is 1.82 bits per heavy atom. The van der Waals surface area contributed by atoms with Gasteiger partial charge >= 0.3 is 71.1 Å². The number of hydrogen-bond donors (Lipinski definition) is 1. The van der Waals surface area contributed by atoms with Crippen LogP contribution in [0.2, 0.25) is 0 Å². The first-order valence-electron chi connectivity index (χ1n) is 2.44. The second-order valence-electron chi connectivity index (χ2n) is 1.59. The molecule has 0 aliphatic carbocycles. The summed E-state index contributed by atoms with van der Waals surface area (Å²) in [5, 5.41) is 8.44. The molecule has 0 rings (SSSR count). The topological polar surface area (TPSA) is 63.6 Å². The van der Waals surface area contributed by atoms with E-state index in [0.29, 0.717) is 0 Å². The molecule has 0 radical (unpaired) electrons. The summed E-state index contributed by atoms with van der Waals surface area (Å²) in [5.74, 6) is -1.62. The van der Waals surface area contributed by atoms with E-state index in [1.807, 2.05) is 0 Å². The minimum atomic E-state index is -1.23. The van der Waals surface area contributed by atoms with Crippen LogP contribution in [0, 0.1) is 0 Å². The van der Waals surface area contributed by atoms with Crippen LogP contribution in [0.5, 0.6) is 0 Å². The van der Waals surface area contributed by atoms with Crippen molar-refractivity contribution in [1.82, 2.24) is 0 Å². The van der Waals surface area contributed by atoms with E-state index in [1.54, 1.807) is 0 Å². The SMILES string of the molecule is CC(=O)OC(=O)C(C)O.[H-].[H-].[Na+].[Na+]. The Morgan fingerprint density at radius 3 is 1.91 bits per heavy atom. The minimum absolute atomic E-state index is 0. The van der Waals surface area contributed by atoms with Crippen LogP contribution < -0.4 is 59.1 Å². The largest absolute Gasteiger partial charge is 1.00 e. The molecule has 0 fully saturated rings. The Balaban J connectivity index is -0.0000000533. The van der Waals surface area contributed by atoms with Gasteiger partial charge in [-0.1, -0.05) is 0 Å². The molecule has 4 nitrogen and oxygen atoms in total. The molecule has 0 aromatic heterocycles. The molecule has 0 aliphatic rings. The van der Waals surface area contributed by atoms with Crippen LogP contribution in [0.3, 0.4) is 0 Å². The standard InChI is InChI=1S/C5H8O4.2Na.2H/c1-3(6)5(8)9-4(2)7;;;;/h3,6H,1-2H3;;;;/q;2*+1;2*-1. The zero-order valence-electron chi connectivity index (χ0n) is 9.25. The van der Waals surface area contributed by atoms with Crippen LogP contribution in [0.15, 0.2) is 0 Å². The molecule has 0 bridgehead atoms. The van der Waals surface area contributed by atoms with E-state index in [1.165, 1.54) is 6.92 Å². The summed E-state index contributed by atoms with van der Waals surface area (Å²) in [6.07, 6.45) is -1.23. The average molecular weight is 180 g/mol. The summed E-state index contributed by atoms with van der Waals surface area (Å²) in [4.78, 5) is 20.3.